The normalized spacial score (nSPS) is 10.3. The van der Waals surface area contributed by atoms with Gasteiger partial charge in [-0.25, -0.2) is 10.0 Å². The van der Waals surface area contributed by atoms with Crippen LogP contribution in [0.4, 0.5) is 5.13 Å². The van der Waals surface area contributed by atoms with Gasteiger partial charge in [-0.1, -0.05) is 0 Å². The van der Waals surface area contributed by atoms with Gasteiger partial charge in [0, 0.05) is 12.4 Å². The molecule has 2 rings (SSSR count). The number of thiazole rings is 1. The summed E-state index contributed by atoms with van der Waals surface area (Å²) >= 11 is 1.24. The number of anilines is 1. The molecule has 0 fully saturated rings. The molecule has 1 N–H and O–H groups in total. The third kappa shape index (κ3) is 3.43. The molecule has 0 saturated heterocycles. The van der Waals surface area contributed by atoms with Crippen LogP contribution in [0.25, 0.3) is 0 Å². The van der Waals surface area contributed by atoms with E-state index in [2.05, 4.69) is 10.3 Å². The topological polar surface area (TPSA) is 84.7 Å². The van der Waals surface area contributed by atoms with E-state index in [1.807, 2.05) is 0 Å². The predicted molar refractivity (Wildman–Crippen MR) is 72.3 cm³/mol. The van der Waals surface area contributed by atoms with E-state index in [9.17, 15) is 9.59 Å². The molecule has 2 aromatic heterocycles. The van der Waals surface area contributed by atoms with Gasteiger partial charge < -0.3 is 4.42 Å². The highest BCUT2D eigenvalue weighted by atomic mass is 32.1. The number of nitrogens with zero attached hydrogens (tertiary/aromatic N) is 2. The molecule has 7 nitrogen and oxygen atoms in total. The second-order valence-electron chi connectivity index (χ2n) is 3.83. The smallest absolute Gasteiger partial charge is 0.293 e. The molecule has 0 bridgehead atoms. The van der Waals surface area contributed by atoms with Gasteiger partial charge >= 0.3 is 0 Å². The third-order valence-corrected chi connectivity index (χ3v) is 3.28. The predicted octanol–water partition coefficient (Wildman–Crippen LogP) is 1.55. The van der Waals surface area contributed by atoms with Crippen LogP contribution in [0.2, 0.25) is 0 Å². The summed E-state index contributed by atoms with van der Waals surface area (Å²) in [6.45, 7) is 0. The van der Waals surface area contributed by atoms with E-state index in [-0.39, 0.29) is 24.0 Å². The average Bonchev–Trinajstić information content (AvgIpc) is 3.09. The van der Waals surface area contributed by atoms with Gasteiger partial charge in [0.05, 0.1) is 25.5 Å². The molecule has 0 unspecified atom stereocenters. The van der Waals surface area contributed by atoms with E-state index in [1.54, 1.807) is 17.5 Å². The second kappa shape index (κ2) is 6.31. The zero-order valence-corrected chi connectivity index (χ0v) is 11.8. The van der Waals surface area contributed by atoms with Crippen LogP contribution in [-0.2, 0) is 16.1 Å². The maximum absolute atomic E-state index is 11.7. The van der Waals surface area contributed by atoms with Crippen molar-refractivity contribution in [2.45, 2.75) is 6.42 Å². The van der Waals surface area contributed by atoms with E-state index < -0.39 is 0 Å². The fourth-order valence-electron chi connectivity index (χ4n) is 1.38. The largest absolute Gasteiger partial charge is 0.459 e. The van der Waals surface area contributed by atoms with Gasteiger partial charge in [-0.15, -0.1) is 11.3 Å². The van der Waals surface area contributed by atoms with E-state index in [1.165, 1.54) is 31.8 Å². The molecule has 0 aliphatic carbocycles. The number of carbonyl (C=O) groups is 2. The van der Waals surface area contributed by atoms with Crippen LogP contribution in [0.5, 0.6) is 0 Å². The molecule has 2 heterocycles. The van der Waals surface area contributed by atoms with Gasteiger partial charge in [0.25, 0.3) is 11.8 Å². The zero-order valence-electron chi connectivity index (χ0n) is 11.0. The van der Waals surface area contributed by atoms with Crippen molar-refractivity contribution in [2.75, 3.05) is 19.5 Å². The summed E-state index contributed by atoms with van der Waals surface area (Å²) in [5, 5.41) is 5.84. The summed E-state index contributed by atoms with van der Waals surface area (Å²) in [6, 6.07) is 3.18. The quantitative estimate of drug-likeness (QED) is 0.846. The number of furan rings is 1. The average molecular weight is 295 g/mol. The number of amides is 2. The number of nitrogens with one attached hydrogen (secondary N) is 1. The Kier molecular flexibility index (Phi) is 4.49. The number of likely N-dealkylation sites (N-methyl/N-ethyl adjacent to an activating group) is 1. The monoisotopic (exact) mass is 295 g/mol. The molecule has 0 spiro atoms. The fourth-order valence-corrected chi connectivity index (χ4v) is 2.09. The van der Waals surface area contributed by atoms with Crippen molar-refractivity contribution < 1.29 is 18.8 Å². The molecule has 0 radical (unpaired) electrons. The first-order valence-electron chi connectivity index (χ1n) is 5.70. The van der Waals surface area contributed by atoms with E-state index >= 15 is 0 Å². The molecule has 8 heteroatoms. The van der Waals surface area contributed by atoms with Crippen molar-refractivity contribution in [3.8, 4) is 0 Å². The minimum atomic E-state index is -0.378. The van der Waals surface area contributed by atoms with Crippen LogP contribution in [0.1, 0.15) is 16.2 Å². The Morgan fingerprint density at radius 3 is 3.00 bits per heavy atom. The van der Waals surface area contributed by atoms with Crippen LogP contribution in [0, 0.1) is 0 Å². The van der Waals surface area contributed by atoms with Crippen LogP contribution in [0.15, 0.2) is 28.2 Å². The summed E-state index contributed by atoms with van der Waals surface area (Å²) in [4.78, 5) is 32.3. The van der Waals surface area contributed by atoms with Gasteiger partial charge in [-0.3, -0.25) is 19.7 Å². The maximum Gasteiger partial charge on any atom is 0.293 e. The number of carbonyl (C=O) groups excluding carboxylic acids is 2. The lowest BCUT2D eigenvalue weighted by Crippen LogP contribution is -2.27. The molecule has 20 heavy (non-hydrogen) atoms. The lowest BCUT2D eigenvalue weighted by Gasteiger charge is -2.12. The van der Waals surface area contributed by atoms with Gasteiger partial charge in [0.1, 0.15) is 0 Å². The number of hydroxylamine groups is 2. The number of hydrogen-bond acceptors (Lipinski definition) is 6. The molecule has 2 amide bonds. The van der Waals surface area contributed by atoms with Gasteiger partial charge in [-0.05, 0) is 12.1 Å². The Hall–Kier alpha value is -2.19. The van der Waals surface area contributed by atoms with Crippen molar-refractivity contribution >= 4 is 28.3 Å². The van der Waals surface area contributed by atoms with Crippen LogP contribution in [0.3, 0.4) is 0 Å². The summed E-state index contributed by atoms with van der Waals surface area (Å²) in [6.07, 6.45) is 1.53. The lowest BCUT2D eigenvalue weighted by atomic mass is 10.3. The minimum absolute atomic E-state index is 0.109. The van der Waals surface area contributed by atoms with Crippen LogP contribution >= 0.6 is 11.3 Å². The first kappa shape index (κ1) is 14.2. The molecule has 0 aromatic carbocycles. The van der Waals surface area contributed by atoms with Gasteiger partial charge in [0.2, 0.25) is 0 Å². The van der Waals surface area contributed by atoms with Crippen LogP contribution < -0.4 is 5.32 Å². The Labute approximate surface area is 119 Å². The Morgan fingerprint density at radius 1 is 1.55 bits per heavy atom. The van der Waals surface area contributed by atoms with Crippen molar-refractivity contribution in [3.05, 3.63) is 35.2 Å². The fraction of sp³-hybridized carbons (Fsp3) is 0.250. The Bertz CT molecular complexity index is 594. The van der Waals surface area contributed by atoms with E-state index in [0.717, 1.165) is 5.06 Å². The molecule has 0 aliphatic rings. The third-order valence-electron chi connectivity index (χ3n) is 2.47. The highest BCUT2D eigenvalue weighted by Gasteiger charge is 2.14. The van der Waals surface area contributed by atoms with E-state index in [0.29, 0.717) is 10.8 Å². The molecule has 2 aromatic rings. The number of rotatable bonds is 5. The van der Waals surface area contributed by atoms with Gasteiger partial charge in [0.15, 0.2) is 10.9 Å². The van der Waals surface area contributed by atoms with Crippen molar-refractivity contribution in [1.82, 2.24) is 10.0 Å². The SMILES string of the molecule is CON(C)C(=O)Cc1csc(NC(=O)c2ccco2)n1. The zero-order chi connectivity index (χ0) is 14.5. The van der Waals surface area contributed by atoms with Crippen molar-refractivity contribution in [3.63, 3.8) is 0 Å². The summed E-state index contributed by atoms with van der Waals surface area (Å²) in [5.41, 5.74) is 0.568. The molecule has 0 atom stereocenters. The lowest BCUT2D eigenvalue weighted by molar-refractivity contribution is -0.167. The van der Waals surface area contributed by atoms with Crippen LogP contribution in [-0.4, -0.2) is 36.0 Å². The van der Waals surface area contributed by atoms with Crippen molar-refractivity contribution in [2.24, 2.45) is 0 Å². The van der Waals surface area contributed by atoms with Gasteiger partial charge in [-0.2, -0.15) is 0 Å². The standard InChI is InChI=1S/C12H13N3O4S/c1-15(18-2)10(16)6-8-7-20-12(13-8)14-11(17)9-4-3-5-19-9/h3-5,7H,6H2,1-2H3,(H,13,14,17). The molecule has 0 aliphatic heterocycles. The molecular weight excluding hydrogens is 282 g/mol. The number of aromatic nitrogens is 1. The van der Waals surface area contributed by atoms with Crippen molar-refractivity contribution in [1.29, 1.82) is 0 Å². The molecule has 106 valence electrons. The number of hydrogen-bond donors (Lipinski definition) is 1. The summed E-state index contributed by atoms with van der Waals surface area (Å²) in [5.74, 6) is -0.394. The first-order valence-corrected chi connectivity index (χ1v) is 6.58. The molecular formula is C12H13N3O4S. The second-order valence-corrected chi connectivity index (χ2v) is 4.68. The Balaban J connectivity index is 1.96. The summed E-state index contributed by atoms with van der Waals surface area (Å²) < 4.78 is 4.97. The highest BCUT2D eigenvalue weighted by molar-refractivity contribution is 7.14. The first-order chi connectivity index (χ1) is 9.60. The Morgan fingerprint density at radius 2 is 2.35 bits per heavy atom. The summed E-state index contributed by atoms with van der Waals surface area (Å²) in [7, 11) is 2.93. The maximum atomic E-state index is 11.7. The molecule has 0 saturated carbocycles. The highest BCUT2D eigenvalue weighted by Crippen LogP contribution is 2.17. The minimum Gasteiger partial charge on any atom is -0.459 e. The van der Waals surface area contributed by atoms with E-state index in [4.69, 9.17) is 9.25 Å².